The van der Waals surface area contributed by atoms with E-state index < -0.39 is 0 Å². The molecule has 1 heterocycles. The van der Waals surface area contributed by atoms with Crippen molar-refractivity contribution in [1.82, 2.24) is 4.98 Å². The molecule has 0 unspecified atom stereocenters. The van der Waals surface area contributed by atoms with Crippen molar-refractivity contribution in [2.75, 3.05) is 14.2 Å². The Hall–Kier alpha value is -2.66. The monoisotopic (exact) mass is 341 g/mol. The predicted octanol–water partition coefficient (Wildman–Crippen LogP) is 5.14. The van der Waals surface area contributed by atoms with E-state index in [1.807, 2.05) is 35.7 Å². The van der Waals surface area contributed by atoms with E-state index in [0.717, 1.165) is 21.8 Å². The third-order valence-electron chi connectivity index (χ3n) is 3.49. The highest BCUT2D eigenvalue weighted by Gasteiger charge is 2.08. The minimum atomic E-state index is -0.239. The lowest BCUT2D eigenvalue weighted by Gasteiger charge is -2.08. The molecule has 2 aromatic carbocycles. The van der Waals surface area contributed by atoms with Crippen LogP contribution in [0.3, 0.4) is 0 Å². The van der Waals surface area contributed by atoms with E-state index in [1.54, 1.807) is 37.7 Å². The first-order chi connectivity index (χ1) is 11.7. The molecule has 3 nitrogen and oxygen atoms in total. The first kappa shape index (κ1) is 16.2. The maximum atomic E-state index is 12.9. The van der Waals surface area contributed by atoms with Crippen LogP contribution in [-0.4, -0.2) is 19.2 Å². The molecule has 24 heavy (non-hydrogen) atoms. The van der Waals surface area contributed by atoms with Gasteiger partial charge in [0.25, 0.3) is 0 Å². The van der Waals surface area contributed by atoms with Gasteiger partial charge in [-0.3, -0.25) is 0 Å². The van der Waals surface area contributed by atoms with Crippen molar-refractivity contribution in [2.45, 2.75) is 0 Å². The minimum absolute atomic E-state index is 0.239. The minimum Gasteiger partial charge on any atom is -0.493 e. The van der Waals surface area contributed by atoms with Crippen LogP contribution in [-0.2, 0) is 0 Å². The van der Waals surface area contributed by atoms with Gasteiger partial charge < -0.3 is 9.47 Å². The number of halogens is 1. The van der Waals surface area contributed by atoms with Crippen LogP contribution in [0.2, 0.25) is 0 Å². The number of nitrogens with zero attached hydrogens (tertiary/aromatic N) is 1. The van der Waals surface area contributed by atoms with E-state index in [1.165, 1.54) is 12.1 Å². The molecule has 0 bridgehead atoms. The summed E-state index contributed by atoms with van der Waals surface area (Å²) in [5.74, 6) is 1.12. The number of methoxy groups -OCH3 is 2. The average molecular weight is 341 g/mol. The van der Waals surface area contributed by atoms with E-state index in [0.29, 0.717) is 11.5 Å². The van der Waals surface area contributed by atoms with Crippen molar-refractivity contribution in [3.63, 3.8) is 0 Å². The predicted molar refractivity (Wildman–Crippen MR) is 96.0 cm³/mol. The summed E-state index contributed by atoms with van der Waals surface area (Å²) in [5, 5.41) is 2.87. The summed E-state index contributed by atoms with van der Waals surface area (Å²) >= 11 is 1.55. The quantitative estimate of drug-likeness (QED) is 0.644. The molecule has 0 aliphatic rings. The van der Waals surface area contributed by atoms with E-state index in [4.69, 9.17) is 9.47 Å². The molecule has 0 aliphatic heterocycles. The Labute approximate surface area is 144 Å². The second-order valence-electron chi connectivity index (χ2n) is 5.03. The number of aromatic nitrogens is 1. The van der Waals surface area contributed by atoms with Crippen LogP contribution in [0.4, 0.5) is 4.39 Å². The molecule has 3 aromatic rings. The van der Waals surface area contributed by atoms with Crippen molar-refractivity contribution < 1.29 is 13.9 Å². The molecule has 0 fully saturated rings. The number of hydrogen-bond donors (Lipinski definition) is 0. The SMILES string of the molecule is COc1ccc(-c2csc(/C=C/c3ccc(F)cc3)n2)cc1OC. The molecule has 0 N–H and O–H groups in total. The molecule has 0 saturated carbocycles. The molecule has 0 aliphatic carbocycles. The summed E-state index contributed by atoms with van der Waals surface area (Å²) in [4.78, 5) is 4.61. The fourth-order valence-corrected chi connectivity index (χ4v) is 2.95. The fraction of sp³-hybridized carbons (Fsp3) is 0.105. The Kier molecular flexibility index (Phi) is 4.91. The van der Waals surface area contributed by atoms with Crippen molar-refractivity contribution in [3.8, 4) is 22.8 Å². The first-order valence-corrected chi connectivity index (χ1v) is 8.19. The maximum Gasteiger partial charge on any atom is 0.161 e. The molecule has 122 valence electrons. The number of thiazole rings is 1. The number of hydrogen-bond acceptors (Lipinski definition) is 4. The Morgan fingerprint density at radius 2 is 1.71 bits per heavy atom. The van der Waals surface area contributed by atoms with Gasteiger partial charge in [0.15, 0.2) is 11.5 Å². The Balaban J connectivity index is 1.81. The summed E-state index contributed by atoms with van der Waals surface area (Å²) in [6.07, 6.45) is 3.83. The van der Waals surface area contributed by atoms with Gasteiger partial charge in [-0.15, -0.1) is 11.3 Å². The summed E-state index contributed by atoms with van der Waals surface area (Å²) < 4.78 is 23.5. The lowest BCUT2D eigenvalue weighted by molar-refractivity contribution is 0.355. The third kappa shape index (κ3) is 3.63. The largest absolute Gasteiger partial charge is 0.493 e. The topological polar surface area (TPSA) is 31.4 Å². The van der Waals surface area contributed by atoms with Gasteiger partial charge in [0, 0.05) is 10.9 Å². The zero-order valence-corrected chi connectivity index (χ0v) is 14.1. The van der Waals surface area contributed by atoms with Crippen molar-refractivity contribution in [3.05, 3.63) is 64.2 Å². The van der Waals surface area contributed by atoms with Crippen LogP contribution in [0.5, 0.6) is 11.5 Å². The molecule has 0 spiro atoms. The van der Waals surface area contributed by atoms with Crippen molar-refractivity contribution in [2.24, 2.45) is 0 Å². The van der Waals surface area contributed by atoms with E-state index in [2.05, 4.69) is 4.98 Å². The van der Waals surface area contributed by atoms with Crippen molar-refractivity contribution >= 4 is 23.5 Å². The molecule has 5 heteroatoms. The Morgan fingerprint density at radius 1 is 0.958 bits per heavy atom. The average Bonchev–Trinajstić information content (AvgIpc) is 3.09. The van der Waals surface area contributed by atoms with Crippen LogP contribution < -0.4 is 9.47 Å². The molecule has 0 radical (unpaired) electrons. The molecule has 0 amide bonds. The first-order valence-electron chi connectivity index (χ1n) is 7.31. The molecule has 3 rings (SSSR count). The lowest BCUT2D eigenvalue weighted by atomic mass is 10.1. The van der Waals surface area contributed by atoms with E-state index >= 15 is 0 Å². The second-order valence-corrected chi connectivity index (χ2v) is 5.92. The summed E-state index contributed by atoms with van der Waals surface area (Å²) in [6.45, 7) is 0. The van der Waals surface area contributed by atoms with E-state index in [-0.39, 0.29) is 5.82 Å². The normalized spacial score (nSPS) is 11.0. The fourth-order valence-electron chi connectivity index (χ4n) is 2.23. The van der Waals surface area contributed by atoms with Crippen LogP contribution in [0.1, 0.15) is 10.6 Å². The van der Waals surface area contributed by atoms with Crippen LogP contribution >= 0.6 is 11.3 Å². The maximum absolute atomic E-state index is 12.9. The van der Waals surface area contributed by atoms with Crippen molar-refractivity contribution in [1.29, 1.82) is 0 Å². The molecule has 0 atom stereocenters. The van der Waals surface area contributed by atoms with Crippen LogP contribution in [0.15, 0.2) is 47.8 Å². The second kappa shape index (κ2) is 7.27. The Morgan fingerprint density at radius 3 is 2.42 bits per heavy atom. The van der Waals surface area contributed by atoms with Gasteiger partial charge in [0.1, 0.15) is 10.8 Å². The summed E-state index contributed by atoms with van der Waals surface area (Å²) in [6, 6.07) is 12.1. The highest BCUT2D eigenvalue weighted by molar-refractivity contribution is 7.10. The van der Waals surface area contributed by atoms with Gasteiger partial charge in [-0.05, 0) is 42.0 Å². The number of benzene rings is 2. The highest BCUT2D eigenvalue weighted by atomic mass is 32.1. The number of rotatable bonds is 5. The standard InChI is InChI=1S/C19H16FNO2S/c1-22-17-9-6-14(11-18(17)23-2)16-12-24-19(21-16)10-5-13-3-7-15(20)8-4-13/h3-12H,1-2H3/b10-5+. The van der Waals surface area contributed by atoms with Gasteiger partial charge in [0.05, 0.1) is 19.9 Å². The highest BCUT2D eigenvalue weighted by Crippen LogP contribution is 2.32. The molecule has 0 saturated heterocycles. The molecular formula is C19H16FNO2S. The summed E-state index contributed by atoms with van der Waals surface area (Å²) in [7, 11) is 3.22. The van der Waals surface area contributed by atoms with E-state index in [9.17, 15) is 4.39 Å². The Bertz CT molecular complexity index is 856. The third-order valence-corrected chi connectivity index (χ3v) is 4.30. The summed E-state index contributed by atoms with van der Waals surface area (Å²) in [5.41, 5.74) is 2.77. The number of ether oxygens (including phenoxy) is 2. The van der Waals surface area contributed by atoms with Gasteiger partial charge in [-0.25, -0.2) is 9.37 Å². The van der Waals surface area contributed by atoms with Crippen LogP contribution in [0.25, 0.3) is 23.4 Å². The van der Waals surface area contributed by atoms with Gasteiger partial charge in [-0.1, -0.05) is 18.2 Å². The lowest BCUT2D eigenvalue weighted by Crippen LogP contribution is -1.90. The van der Waals surface area contributed by atoms with Gasteiger partial charge in [0.2, 0.25) is 0 Å². The molecular weight excluding hydrogens is 325 g/mol. The van der Waals surface area contributed by atoms with Gasteiger partial charge >= 0.3 is 0 Å². The smallest absolute Gasteiger partial charge is 0.161 e. The zero-order chi connectivity index (χ0) is 16.9. The van der Waals surface area contributed by atoms with Crippen LogP contribution in [0, 0.1) is 5.82 Å². The zero-order valence-electron chi connectivity index (χ0n) is 13.3. The molecule has 1 aromatic heterocycles. The van der Waals surface area contributed by atoms with Gasteiger partial charge in [-0.2, -0.15) is 0 Å².